The van der Waals surface area contributed by atoms with Crippen molar-refractivity contribution in [2.45, 2.75) is 37.9 Å². The third kappa shape index (κ3) is 5.10. The Hall–Kier alpha value is -0.540. The Morgan fingerprint density at radius 1 is 1.25 bits per heavy atom. The van der Waals surface area contributed by atoms with Gasteiger partial charge in [-0.2, -0.15) is 12.6 Å². The maximum absolute atomic E-state index is 11.7. The summed E-state index contributed by atoms with van der Waals surface area (Å²) in [6, 6.07) is 0. The fourth-order valence-electron chi connectivity index (χ4n) is 1.21. The Bertz CT molecular complexity index is 573. The van der Waals surface area contributed by atoms with E-state index in [1.807, 2.05) is 0 Å². The highest BCUT2D eigenvalue weighted by Gasteiger charge is 2.35. The fraction of sp³-hybridized carbons (Fsp3) is 0.727. The molecule has 0 aromatic carbocycles. The minimum atomic E-state index is -4.44. The van der Waals surface area contributed by atoms with Gasteiger partial charge in [0, 0.05) is 12.0 Å². The van der Waals surface area contributed by atoms with Crippen molar-refractivity contribution in [3.05, 3.63) is 12.2 Å². The summed E-state index contributed by atoms with van der Waals surface area (Å²) in [6.45, 7) is 8.34. The van der Waals surface area contributed by atoms with E-state index >= 15 is 0 Å². The van der Waals surface area contributed by atoms with Crippen LogP contribution in [0.4, 0.5) is 0 Å². The molecule has 0 fully saturated rings. The van der Waals surface area contributed by atoms with Crippen LogP contribution in [0.2, 0.25) is 0 Å². The monoisotopic (exact) mass is 344 g/mol. The van der Waals surface area contributed by atoms with Crippen LogP contribution < -0.4 is 0 Å². The van der Waals surface area contributed by atoms with Crippen molar-refractivity contribution in [1.82, 2.24) is 0 Å². The topological polar surface area (TPSA) is 94.6 Å². The molecule has 0 aliphatic rings. The van der Waals surface area contributed by atoms with Crippen LogP contribution in [0.15, 0.2) is 12.2 Å². The van der Waals surface area contributed by atoms with Crippen LogP contribution in [-0.2, 0) is 27.3 Å². The van der Waals surface area contributed by atoms with E-state index in [1.54, 1.807) is 13.8 Å². The van der Waals surface area contributed by atoms with E-state index in [2.05, 4.69) is 19.2 Å². The molecule has 0 heterocycles. The van der Waals surface area contributed by atoms with Gasteiger partial charge in [-0.05, 0) is 12.8 Å². The normalized spacial score (nSPS) is 15.7. The molecular formula is C11H20O6S3. The SMILES string of the molecule is C=C(C)C(=O)OC(CC(S)S(=O)(=O)S(C)(=O)=O)C(C)C. The third-order valence-corrected chi connectivity index (χ3v) is 8.94. The Morgan fingerprint density at radius 3 is 2.00 bits per heavy atom. The molecule has 0 aromatic rings. The largest absolute Gasteiger partial charge is 0.459 e. The first-order valence-electron chi connectivity index (χ1n) is 5.79. The standard InChI is InChI=1S/C11H20O6S3/c1-7(2)9(17-11(12)8(3)4)6-10(18)20(15,16)19(5,13)14/h7,9-10,18H,3,6H2,1-2,4-5H3. The molecule has 0 bridgehead atoms. The summed E-state index contributed by atoms with van der Waals surface area (Å²) < 4.78 is 49.5. The lowest BCUT2D eigenvalue weighted by atomic mass is 10.1. The number of ether oxygens (including phenoxy) is 1. The third-order valence-electron chi connectivity index (χ3n) is 2.54. The molecule has 118 valence electrons. The predicted octanol–water partition coefficient (Wildman–Crippen LogP) is 1.15. The summed E-state index contributed by atoms with van der Waals surface area (Å²) in [6.07, 6.45) is -0.372. The summed E-state index contributed by atoms with van der Waals surface area (Å²) >= 11 is 3.83. The zero-order valence-corrected chi connectivity index (χ0v) is 14.4. The lowest BCUT2D eigenvalue weighted by molar-refractivity contribution is -0.146. The number of hydrogen-bond acceptors (Lipinski definition) is 7. The van der Waals surface area contributed by atoms with Crippen LogP contribution in [0, 0.1) is 5.92 Å². The van der Waals surface area contributed by atoms with E-state index in [1.165, 1.54) is 6.92 Å². The van der Waals surface area contributed by atoms with Crippen LogP contribution in [0.5, 0.6) is 0 Å². The molecule has 20 heavy (non-hydrogen) atoms. The lowest BCUT2D eigenvalue weighted by Crippen LogP contribution is -2.32. The molecule has 0 saturated heterocycles. The van der Waals surface area contributed by atoms with Gasteiger partial charge in [-0.3, -0.25) is 0 Å². The molecule has 0 saturated carbocycles. The minimum absolute atomic E-state index is 0.178. The van der Waals surface area contributed by atoms with Gasteiger partial charge in [0.1, 0.15) is 10.7 Å². The van der Waals surface area contributed by atoms with E-state index in [-0.39, 0.29) is 17.9 Å². The fourth-order valence-corrected chi connectivity index (χ4v) is 5.10. The highest BCUT2D eigenvalue weighted by Crippen LogP contribution is 2.23. The lowest BCUT2D eigenvalue weighted by Gasteiger charge is -2.23. The van der Waals surface area contributed by atoms with Crippen molar-refractivity contribution < 1.29 is 26.4 Å². The first-order valence-corrected chi connectivity index (χ1v) is 10.3. The molecule has 0 spiro atoms. The molecule has 0 aliphatic carbocycles. The van der Waals surface area contributed by atoms with E-state index in [4.69, 9.17) is 4.74 Å². The number of carbonyl (C=O) groups excluding carboxylic acids is 1. The van der Waals surface area contributed by atoms with Crippen molar-refractivity contribution >= 4 is 36.3 Å². The number of carbonyl (C=O) groups is 1. The van der Waals surface area contributed by atoms with Crippen molar-refractivity contribution in [2.24, 2.45) is 5.92 Å². The van der Waals surface area contributed by atoms with E-state index in [0.29, 0.717) is 6.26 Å². The Kier molecular flexibility index (Phi) is 6.76. The van der Waals surface area contributed by atoms with Gasteiger partial charge in [0.25, 0.3) is 17.7 Å². The molecule has 0 aromatic heterocycles. The highest BCUT2D eigenvalue weighted by atomic mass is 33.2. The van der Waals surface area contributed by atoms with E-state index in [0.717, 1.165) is 0 Å². The molecule has 2 atom stereocenters. The first-order chi connectivity index (χ1) is 8.80. The second-order valence-electron chi connectivity index (χ2n) is 4.86. The molecule has 0 N–H and O–H groups in total. The van der Waals surface area contributed by atoms with Crippen molar-refractivity contribution in [3.63, 3.8) is 0 Å². The molecule has 2 unspecified atom stereocenters. The highest BCUT2D eigenvalue weighted by molar-refractivity contribution is 8.68. The van der Waals surface area contributed by atoms with Gasteiger partial charge in [-0.15, -0.1) is 0 Å². The molecule has 6 nitrogen and oxygen atoms in total. The summed E-state index contributed by atoms with van der Waals surface area (Å²) in [7, 11) is -8.72. The van der Waals surface area contributed by atoms with Crippen molar-refractivity contribution in [2.75, 3.05) is 6.26 Å². The minimum Gasteiger partial charge on any atom is -0.459 e. The molecule has 0 aliphatic heterocycles. The van der Waals surface area contributed by atoms with Gasteiger partial charge >= 0.3 is 5.97 Å². The Balaban J connectivity index is 5.13. The van der Waals surface area contributed by atoms with Gasteiger partial charge in [0.15, 0.2) is 0 Å². The Morgan fingerprint density at radius 2 is 1.70 bits per heavy atom. The molecular weight excluding hydrogens is 324 g/mol. The van der Waals surface area contributed by atoms with E-state index < -0.39 is 34.4 Å². The summed E-state index contributed by atoms with van der Waals surface area (Å²) in [4.78, 5) is 11.5. The summed E-state index contributed by atoms with van der Waals surface area (Å²) in [5.74, 6) is -0.844. The van der Waals surface area contributed by atoms with Gasteiger partial charge in [-0.1, -0.05) is 20.4 Å². The van der Waals surface area contributed by atoms with E-state index in [9.17, 15) is 21.6 Å². The maximum Gasteiger partial charge on any atom is 0.333 e. The van der Waals surface area contributed by atoms with Crippen LogP contribution in [0.25, 0.3) is 0 Å². The molecule has 0 radical (unpaired) electrons. The molecule has 0 rings (SSSR count). The second-order valence-corrected chi connectivity index (χ2v) is 12.0. The predicted molar refractivity (Wildman–Crippen MR) is 80.7 cm³/mol. The number of rotatable bonds is 7. The number of esters is 1. The number of hydrogen-bond donors (Lipinski definition) is 1. The van der Waals surface area contributed by atoms with Crippen LogP contribution in [0.3, 0.4) is 0 Å². The quantitative estimate of drug-likeness (QED) is 0.322. The van der Waals surface area contributed by atoms with Gasteiger partial charge in [-0.25, -0.2) is 21.6 Å². The van der Waals surface area contributed by atoms with Crippen molar-refractivity contribution in [1.29, 1.82) is 0 Å². The first kappa shape index (κ1) is 19.5. The average molecular weight is 344 g/mol. The molecule has 9 heteroatoms. The van der Waals surface area contributed by atoms with Crippen LogP contribution >= 0.6 is 12.6 Å². The Labute approximate surface area is 125 Å². The molecule has 0 amide bonds. The second kappa shape index (κ2) is 6.95. The van der Waals surface area contributed by atoms with Gasteiger partial charge < -0.3 is 4.74 Å². The summed E-state index contributed by atoms with van der Waals surface area (Å²) in [5, 5.41) is 0. The zero-order chi connectivity index (χ0) is 16.3. The average Bonchev–Trinajstić information content (AvgIpc) is 2.25. The summed E-state index contributed by atoms with van der Waals surface area (Å²) in [5.41, 5.74) is 0.178. The van der Waals surface area contributed by atoms with Crippen LogP contribution in [0.1, 0.15) is 27.2 Å². The maximum atomic E-state index is 11.7. The van der Waals surface area contributed by atoms with Crippen LogP contribution in [-0.4, -0.2) is 39.7 Å². The number of thiol groups is 1. The van der Waals surface area contributed by atoms with Gasteiger partial charge in [0.05, 0.1) is 6.26 Å². The zero-order valence-electron chi connectivity index (χ0n) is 11.9. The smallest absolute Gasteiger partial charge is 0.333 e. The van der Waals surface area contributed by atoms with Gasteiger partial charge in [0.2, 0.25) is 0 Å². The van der Waals surface area contributed by atoms with Crippen molar-refractivity contribution in [3.8, 4) is 0 Å².